The molecule has 1 rings (SSSR count). The van der Waals surface area contributed by atoms with Crippen LogP contribution in [0.2, 0.25) is 0 Å². The summed E-state index contributed by atoms with van der Waals surface area (Å²) >= 11 is 0. The van der Waals surface area contributed by atoms with Gasteiger partial charge >= 0.3 is 5.97 Å². The van der Waals surface area contributed by atoms with E-state index in [9.17, 15) is 14.9 Å². The van der Waals surface area contributed by atoms with E-state index >= 15 is 0 Å². The lowest BCUT2D eigenvalue weighted by Crippen LogP contribution is -1.91. The van der Waals surface area contributed by atoms with Crippen molar-refractivity contribution in [2.75, 3.05) is 0 Å². The molecular weight excluding hydrogens is 210 g/mol. The number of nitro benzene ring substituents is 1. The second-order valence-electron chi connectivity index (χ2n) is 3.36. The molecule has 0 aliphatic carbocycles. The van der Waals surface area contributed by atoms with E-state index in [1.165, 1.54) is 18.2 Å². The Balaban J connectivity index is 2.92. The number of hydrogen-bond acceptors (Lipinski definition) is 3. The van der Waals surface area contributed by atoms with Crippen molar-refractivity contribution in [1.29, 1.82) is 0 Å². The molecule has 1 aromatic carbocycles. The van der Waals surface area contributed by atoms with Crippen molar-refractivity contribution < 1.29 is 14.8 Å². The topological polar surface area (TPSA) is 80.4 Å². The summed E-state index contributed by atoms with van der Waals surface area (Å²) in [5.74, 6) is -0.932. The van der Waals surface area contributed by atoms with Gasteiger partial charge in [0.1, 0.15) is 0 Å². The number of carbonyl (C=O) groups is 1. The van der Waals surface area contributed by atoms with Crippen LogP contribution < -0.4 is 0 Å². The maximum Gasteiger partial charge on any atom is 0.307 e. The van der Waals surface area contributed by atoms with Gasteiger partial charge < -0.3 is 5.11 Å². The monoisotopic (exact) mass is 221 g/mol. The Kier molecular flexibility index (Phi) is 3.77. The van der Waals surface area contributed by atoms with Gasteiger partial charge in [-0.25, -0.2) is 0 Å². The van der Waals surface area contributed by atoms with Crippen molar-refractivity contribution in [2.45, 2.75) is 13.3 Å². The van der Waals surface area contributed by atoms with Crippen molar-refractivity contribution in [3.05, 3.63) is 45.5 Å². The van der Waals surface area contributed by atoms with E-state index in [0.29, 0.717) is 5.56 Å². The van der Waals surface area contributed by atoms with E-state index < -0.39 is 10.9 Å². The highest BCUT2D eigenvalue weighted by Crippen LogP contribution is 2.17. The molecule has 0 fully saturated rings. The summed E-state index contributed by atoms with van der Waals surface area (Å²) in [6, 6.07) is 4.63. The van der Waals surface area contributed by atoms with Gasteiger partial charge in [-0.2, -0.15) is 0 Å². The number of carboxylic acid groups (broad SMARTS) is 1. The van der Waals surface area contributed by atoms with E-state index in [1.54, 1.807) is 19.1 Å². The van der Waals surface area contributed by atoms with E-state index in [1.807, 2.05) is 0 Å². The first-order valence-corrected chi connectivity index (χ1v) is 4.63. The first-order chi connectivity index (χ1) is 7.49. The van der Waals surface area contributed by atoms with Crippen LogP contribution in [0.4, 0.5) is 5.69 Å². The molecule has 16 heavy (non-hydrogen) atoms. The maximum atomic E-state index is 10.6. The molecule has 5 nitrogen and oxygen atoms in total. The number of benzene rings is 1. The Labute approximate surface area is 92.2 Å². The highest BCUT2D eigenvalue weighted by atomic mass is 16.6. The van der Waals surface area contributed by atoms with Crippen molar-refractivity contribution in [3.63, 3.8) is 0 Å². The number of nitro groups is 1. The fourth-order valence-corrected chi connectivity index (χ4v) is 1.29. The lowest BCUT2D eigenvalue weighted by molar-refractivity contribution is -0.384. The molecule has 5 heteroatoms. The molecule has 0 saturated carbocycles. The SMILES string of the molecule is Cc1cc(C=CCC(=O)O)cc([N+](=O)[O-])c1. The van der Waals surface area contributed by atoms with Gasteiger partial charge in [-0.1, -0.05) is 18.2 Å². The van der Waals surface area contributed by atoms with Crippen LogP contribution in [0.25, 0.3) is 6.08 Å². The minimum absolute atomic E-state index is 0.00924. The third-order valence-corrected chi connectivity index (χ3v) is 1.90. The van der Waals surface area contributed by atoms with Gasteiger partial charge in [0.2, 0.25) is 0 Å². The first-order valence-electron chi connectivity index (χ1n) is 4.63. The highest BCUT2D eigenvalue weighted by molar-refractivity contribution is 5.70. The largest absolute Gasteiger partial charge is 0.481 e. The van der Waals surface area contributed by atoms with E-state index in [4.69, 9.17) is 5.11 Å². The van der Waals surface area contributed by atoms with Gasteiger partial charge in [0, 0.05) is 12.1 Å². The fraction of sp³-hybridized carbons (Fsp3) is 0.182. The molecule has 0 bridgehead atoms. The van der Waals surface area contributed by atoms with Gasteiger partial charge in [-0.15, -0.1) is 0 Å². The van der Waals surface area contributed by atoms with Crippen molar-refractivity contribution in [3.8, 4) is 0 Å². The van der Waals surface area contributed by atoms with Crippen molar-refractivity contribution in [2.24, 2.45) is 0 Å². The predicted octanol–water partition coefficient (Wildman–Crippen LogP) is 2.39. The van der Waals surface area contributed by atoms with Gasteiger partial charge in [-0.3, -0.25) is 14.9 Å². The third-order valence-electron chi connectivity index (χ3n) is 1.90. The molecule has 1 aromatic rings. The van der Waals surface area contributed by atoms with Gasteiger partial charge in [0.05, 0.1) is 11.3 Å². The van der Waals surface area contributed by atoms with Crippen LogP contribution in [-0.2, 0) is 4.79 Å². The second-order valence-corrected chi connectivity index (χ2v) is 3.36. The minimum atomic E-state index is -0.932. The summed E-state index contributed by atoms with van der Waals surface area (Å²) < 4.78 is 0. The van der Waals surface area contributed by atoms with Crippen LogP contribution in [0.5, 0.6) is 0 Å². The molecule has 0 amide bonds. The average Bonchev–Trinajstić information content (AvgIpc) is 2.16. The molecule has 0 atom stereocenters. The number of aliphatic carboxylic acids is 1. The smallest absolute Gasteiger partial charge is 0.307 e. The standard InChI is InChI=1S/C11H11NO4/c1-8-5-9(3-2-4-11(13)14)7-10(6-8)12(15)16/h2-3,5-7H,4H2,1H3,(H,13,14). The average molecular weight is 221 g/mol. The summed E-state index contributed by atoms with van der Waals surface area (Å²) in [5, 5.41) is 19.0. The Morgan fingerprint density at radius 2 is 2.19 bits per heavy atom. The van der Waals surface area contributed by atoms with Crippen LogP contribution in [0, 0.1) is 17.0 Å². The van der Waals surface area contributed by atoms with Gasteiger partial charge in [-0.05, 0) is 18.1 Å². The summed E-state index contributed by atoms with van der Waals surface area (Å²) in [6.07, 6.45) is 2.93. The molecule has 0 aromatic heterocycles. The number of rotatable bonds is 4. The summed E-state index contributed by atoms with van der Waals surface area (Å²) in [7, 11) is 0. The zero-order valence-electron chi connectivity index (χ0n) is 8.71. The van der Waals surface area contributed by atoms with Gasteiger partial charge in [0.25, 0.3) is 5.69 Å². The van der Waals surface area contributed by atoms with Crippen LogP contribution in [0.15, 0.2) is 24.3 Å². The minimum Gasteiger partial charge on any atom is -0.481 e. The van der Waals surface area contributed by atoms with E-state index in [-0.39, 0.29) is 12.1 Å². The summed E-state index contributed by atoms with van der Waals surface area (Å²) in [4.78, 5) is 20.4. The fourth-order valence-electron chi connectivity index (χ4n) is 1.29. The number of aryl methyl sites for hydroxylation is 1. The molecule has 0 heterocycles. The highest BCUT2D eigenvalue weighted by Gasteiger charge is 2.06. The van der Waals surface area contributed by atoms with Crippen molar-refractivity contribution >= 4 is 17.7 Å². The molecular formula is C11H11NO4. The van der Waals surface area contributed by atoms with E-state index in [2.05, 4.69) is 0 Å². The number of nitrogens with zero attached hydrogens (tertiary/aromatic N) is 1. The molecule has 0 aliphatic rings. The summed E-state index contributed by atoms with van der Waals surface area (Å²) in [6.45, 7) is 1.75. The third kappa shape index (κ3) is 3.53. The van der Waals surface area contributed by atoms with Crippen LogP contribution in [0.3, 0.4) is 0 Å². The quantitative estimate of drug-likeness (QED) is 0.625. The normalized spacial score (nSPS) is 10.6. The molecule has 0 aliphatic heterocycles. The zero-order chi connectivity index (χ0) is 12.1. The van der Waals surface area contributed by atoms with Gasteiger partial charge in [0.15, 0.2) is 0 Å². The van der Waals surface area contributed by atoms with Crippen molar-refractivity contribution in [1.82, 2.24) is 0 Å². The second kappa shape index (κ2) is 5.06. The Hall–Kier alpha value is -2.17. The number of non-ortho nitro benzene ring substituents is 1. The molecule has 0 spiro atoms. The molecule has 0 unspecified atom stereocenters. The van der Waals surface area contributed by atoms with Crippen LogP contribution >= 0.6 is 0 Å². The van der Waals surface area contributed by atoms with Crippen LogP contribution in [0.1, 0.15) is 17.5 Å². The molecule has 0 saturated heterocycles. The molecule has 84 valence electrons. The van der Waals surface area contributed by atoms with E-state index in [0.717, 1.165) is 5.56 Å². The molecule has 1 N–H and O–H groups in total. The number of hydrogen-bond donors (Lipinski definition) is 1. The molecule has 0 radical (unpaired) electrons. The maximum absolute atomic E-state index is 10.6. The predicted molar refractivity (Wildman–Crippen MR) is 59.1 cm³/mol. The lowest BCUT2D eigenvalue weighted by Gasteiger charge is -1.97. The van der Waals surface area contributed by atoms with Crippen LogP contribution in [-0.4, -0.2) is 16.0 Å². The Morgan fingerprint density at radius 3 is 2.75 bits per heavy atom. The first kappa shape index (κ1) is 11.9. The Bertz CT molecular complexity index is 451. The zero-order valence-corrected chi connectivity index (χ0v) is 8.71. The lowest BCUT2D eigenvalue weighted by atomic mass is 10.1. The Morgan fingerprint density at radius 1 is 1.50 bits per heavy atom. The number of carboxylic acids is 1. The summed E-state index contributed by atoms with van der Waals surface area (Å²) in [5.41, 5.74) is 1.41.